The lowest BCUT2D eigenvalue weighted by atomic mass is 9.93. The van der Waals surface area contributed by atoms with Crippen molar-refractivity contribution < 1.29 is 49.6 Å². The van der Waals surface area contributed by atoms with Gasteiger partial charge in [0, 0.05) is 0 Å². The van der Waals surface area contributed by atoms with Crippen LogP contribution in [0.15, 0.2) is 22.9 Å². The Hall–Kier alpha value is -3.65. The van der Waals surface area contributed by atoms with E-state index in [2.05, 4.69) is 10.5 Å². The Kier molecular flexibility index (Phi) is 8.70. The van der Waals surface area contributed by atoms with Gasteiger partial charge in [-0.25, -0.2) is 4.39 Å². The normalized spacial score (nSPS) is 12.9. The number of nitrogens with one attached hydrogen (secondary N) is 3. The number of aromatic nitrogens is 1. The minimum Gasteiger partial charge on any atom is -0.364 e. The van der Waals surface area contributed by atoms with E-state index in [-0.39, 0.29) is 17.5 Å². The molecule has 0 bridgehead atoms. The Balaban J connectivity index is 2.19. The van der Waals surface area contributed by atoms with Gasteiger partial charge in [-0.1, -0.05) is 19.0 Å². The fraction of sp³-hybridized carbons (Fsp3) is 0.429. The highest BCUT2D eigenvalue weighted by molar-refractivity contribution is 6.00. The zero-order valence-electron chi connectivity index (χ0n) is 19.0. The number of carbonyl (C=O) groups is 3. The fourth-order valence-corrected chi connectivity index (χ4v) is 3.05. The Bertz CT molecular complexity index is 1130. The summed E-state index contributed by atoms with van der Waals surface area (Å²) in [4.78, 5) is 36.3. The molecule has 0 saturated carbocycles. The molecule has 198 valence electrons. The predicted molar refractivity (Wildman–Crippen MR) is 110 cm³/mol. The highest BCUT2D eigenvalue weighted by Gasteiger charge is 2.38. The summed E-state index contributed by atoms with van der Waals surface area (Å²) in [7, 11) is 0. The first kappa shape index (κ1) is 28.6. The van der Waals surface area contributed by atoms with E-state index in [0.29, 0.717) is 11.8 Å². The first-order chi connectivity index (χ1) is 16.5. The van der Waals surface area contributed by atoms with Gasteiger partial charge in [-0.3, -0.25) is 14.4 Å². The van der Waals surface area contributed by atoms with E-state index in [0.717, 1.165) is 13.2 Å². The van der Waals surface area contributed by atoms with Crippen molar-refractivity contribution in [1.82, 2.24) is 15.8 Å². The summed E-state index contributed by atoms with van der Waals surface area (Å²) in [5.74, 6) is -6.63. The minimum atomic E-state index is -5.14. The zero-order chi connectivity index (χ0) is 27.4. The Labute approximate surface area is 199 Å². The fourth-order valence-electron chi connectivity index (χ4n) is 3.05. The van der Waals surface area contributed by atoms with E-state index in [1.54, 1.807) is 13.8 Å². The molecule has 15 heteroatoms. The van der Waals surface area contributed by atoms with Crippen molar-refractivity contribution in [3.63, 3.8) is 0 Å². The van der Waals surface area contributed by atoms with Gasteiger partial charge in [-0.2, -0.15) is 26.3 Å². The molecule has 36 heavy (non-hydrogen) atoms. The lowest BCUT2D eigenvalue weighted by molar-refractivity contribution is -0.141. The van der Waals surface area contributed by atoms with Gasteiger partial charge in [0.1, 0.15) is 24.2 Å². The average Bonchev–Trinajstić information content (AvgIpc) is 3.25. The molecule has 2 rings (SSSR count). The number of nitrogens with zero attached hydrogens (tertiary/aromatic N) is 1. The summed E-state index contributed by atoms with van der Waals surface area (Å²) < 4.78 is 97.0. The van der Waals surface area contributed by atoms with Gasteiger partial charge < -0.3 is 20.5 Å². The highest BCUT2D eigenvalue weighted by atomic mass is 19.4. The van der Waals surface area contributed by atoms with E-state index >= 15 is 0 Å². The molecule has 0 aliphatic heterocycles. The first-order valence-electron chi connectivity index (χ1n) is 10.3. The number of benzene rings is 1. The van der Waals surface area contributed by atoms with E-state index in [1.807, 2.05) is 5.32 Å². The SMILES string of the molecule is CC(C)c1nocc1C(=O)NCC(=O)Nc1cc(C(F)(F)F)c(C(C)C(=O)NCC(F)(F)F)cc1F. The Morgan fingerprint density at radius 3 is 2.22 bits per heavy atom. The van der Waals surface area contributed by atoms with Crippen molar-refractivity contribution in [2.45, 2.75) is 45.0 Å². The van der Waals surface area contributed by atoms with Gasteiger partial charge >= 0.3 is 12.4 Å². The maximum absolute atomic E-state index is 14.5. The maximum Gasteiger partial charge on any atom is 0.416 e. The molecule has 1 aromatic carbocycles. The van der Waals surface area contributed by atoms with Crippen LogP contribution in [0.2, 0.25) is 0 Å². The Morgan fingerprint density at radius 2 is 1.67 bits per heavy atom. The minimum absolute atomic E-state index is 0.0329. The molecule has 0 radical (unpaired) electrons. The molecule has 0 aliphatic carbocycles. The third-order valence-electron chi connectivity index (χ3n) is 4.84. The van der Waals surface area contributed by atoms with E-state index in [1.165, 1.54) is 5.32 Å². The molecule has 2 aromatic rings. The number of rotatable bonds is 8. The van der Waals surface area contributed by atoms with Gasteiger partial charge in [-0.15, -0.1) is 0 Å². The third-order valence-corrected chi connectivity index (χ3v) is 4.84. The molecule has 1 atom stereocenters. The van der Waals surface area contributed by atoms with Crippen LogP contribution in [0.1, 0.15) is 59.8 Å². The largest absolute Gasteiger partial charge is 0.416 e. The summed E-state index contributed by atoms with van der Waals surface area (Å²) in [6, 6.07) is 0.524. The standard InChI is InChI=1S/C21H21F7N4O4/c1-9(2)17-12(7-36-32-17)19(35)29-6-16(33)31-15-5-13(21(26,27)28)11(4-14(15)22)10(3)18(34)30-8-20(23,24)25/h4-5,7,9-10H,6,8H2,1-3H3,(H,29,35)(H,30,34)(H,31,33). The van der Waals surface area contributed by atoms with Gasteiger partial charge in [-0.05, 0) is 30.5 Å². The van der Waals surface area contributed by atoms with Crippen molar-refractivity contribution in [3.05, 3.63) is 46.6 Å². The molecule has 8 nitrogen and oxygen atoms in total. The van der Waals surface area contributed by atoms with Crippen molar-refractivity contribution in [1.29, 1.82) is 0 Å². The van der Waals surface area contributed by atoms with Crippen LogP contribution >= 0.6 is 0 Å². The molecule has 0 saturated heterocycles. The van der Waals surface area contributed by atoms with Crippen LogP contribution in [0.4, 0.5) is 36.4 Å². The summed E-state index contributed by atoms with van der Waals surface area (Å²) in [6.07, 6.45) is -8.90. The topological polar surface area (TPSA) is 113 Å². The molecule has 0 aliphatic rings. The first-order valence-corrected chi connectivity index (χ1v) is 10.3. The number of hydrogen-bond donors (Lipinski definition) is 3. The number of halogens is 7. The van der Waals surface area contributed by atoms with Crippen LogP contribution in [0.25, 0.3) is 0 Å². The van der Waals surface area contributed by atoms with Gasteiger partial charge in [0.2, 0.25) is 11.8 Å². The monoisotopic (exact) mass is 526 g/mol. The maximum atomic E-state index is 14.5. The third kappa shape index (κ3) is 7.42. The van der Waals surface area contributed by atoms with E-state index in [9.17, 15) is 45.1 Å². The zero-order valence-corrected chi connectivity index (χ0v) is 19.0. The van der Waals surface area contributed by atoms with Gasteiger partial charge in [0.05, 0.1) is 29.4 Å². The van der Waals surface area contributed by atoms with Crippen LogP contribution in [-0.2, 0) is 15.8 Å². The summed E-state index contributed by atoms with van der Waals surface area (Å²) in [5, 5.41) is 9.18. The lowest BCUT2D eigenvalue weighted by Crippen LogP contribution is -2.36. The summed E-state index contributed by atoms with van der Waals surface area (Å²) in [5.41, 5.74) is -3.05. The molecular weight excluding hydrogens is 505 g/mol. The summed E-state index contributed by atoms with van der Waals surface area (Å²) in [6.45, 7) is 1.80. The van der Waals surface area contributed by atoms with Crippen molar-refractivity contribution in [2.24, 2.45) is 0 Å². The van der Waals surface area contributed by atoms with Crippen LogP contribution < -0.4 is 16.0 Å². The quantitative estimate of drug-likeness (QED) is 0.449. The van der Waals surface area contributed by atoms with Crippen LogP contribution in [0, 0.1) is 5.82 Å². The van der Waals surface area contributed by atoms with Crippen molar-refractivity contribution >= 4 is 23.4 Å². The van der Waals surface area contributed by atoms with E-state index in [4.69, 9.17) is 4.52 Å². The number of alkyl halides is 6. The molecular formula is C21H21F7N4O4. The van der Waals surface area contributed by atoms with Gasteiger partial charge in [0.25, 0.3) is 5.91 Å². The lowest BCUT2D eigenvalue weighted by Gasteiger charge is -2.20. The second kappa shape index (κ2) is 11.0. The van der Waals surface area contributed by atoms with Crippen molar-refractivity contribution in [2.75, 3.05) is 18.4 Å². The molecule has 1 heterocycles. The number of amides is 3. The second-order valence-electron chi connectivity index (χ2n) is 7.97. The number of hydrogen-bond acceptors (Lipinski definition) is 5. The van der Waals surface area contributed by atoms with Crippen LogP contribution in [-0.4, -0.2) is 42.1 Å². The second-order valence-corrected chi connectivity index (χ2v) is 7.97. The molecule has 3 amide bonds. The smallest absolute Gasteiger partial charge is 0.364 e. The molecule has 0 spiro atoms. The number of carbonyl (C=O) groups excluding carboxylic acids is 3. The average molecular weight is 526 g/mol. The molecule has 3 N–H and O–H groups in total. The Morgan fingerprint density at radius 1 is 1.03 bits per heavy atom. The van der Waals surface area contributed by atoms with Crippen LogP contribution in [0.5, 0.6) is 0 Å². The van der Waals surface area contributed by atoms with Crippen LogP contribution in [0.3, 0.4) is 0 Å². The highest BCUT2D eigenvalue weighted by Crippen LogP contribution is 2.38. The molecule has 1 unspecified atom stereocenters. The summed E-state index contributed by atoms with van der Waals surface area (Å²) >= 11 is 0. The molecule has 1 aromatic heterocycles. The van der Waals surface area contributed by atoms with E-state index < -0.39 is 71.7 Å². The van der Waals surface area contributed by atoms with Crippen molar-refractivity contribution in [3.8, 4) is 0 Å². The predicted octanol–water partition coefficient (Wildman–Crippen LogP) is 4.11. The van der Waals surface area contributed by atoms with Gasteiger partial charge in [0.15, 0.2) is 0 Å². The molecule has 0 fully saturated rings. The number of anilines is 1.